The molecule has 0 atom stereocenters. The smallest absolute Gasteiger partial charge is 0.272 e. The number of ether oxygens (including phenoxy) is 1. The molecule has 58 heavy (non-hydrogen) atoms. The number of anilines is 1. The van der Waals surface area contributed by atoms with Crippen molar-refractivity contribution in [1.82, 2.24) is 30.6 Å². The summed E-state index contributed by atoms with van der Waals surface area (Å²) in [6.07, 6.45) is 1.08. The summed E-state index contributed by atoms with van der Waals surface area (Å²) in [4.78, 5) is 66.4. The van der Waals surface area contributed by atoms with Crippen LogP contribution in [0.15, 0.2) is 83.7 Å². The lowest BCUT2D eigenvalue weighted by Gasteiger charge is -2.35. The molecule has 0 bridgehead atoms. The number of nitrogens with one attached hydrogen (secondary N) is 4. The number of carbonyl (C=O) groups is 4. The van der Waals surface area contributed by atoms with E-state index in [-0.39, 0.29) is 87.2 Å². The molecule has 15 heteroatoms. The van der Waals surface area contributed by atoms with Crippen LogP contribution in [0.25, 0.3) is 21.9 Å². The number of fused-ring (bicyclic) bond motifs is 1. The van der Waals surface area contributed by atoms with Gasteiger partial charge in [0, 0.05) is 58.0 Å². The van der Waals surface area contributed by atoms with Crippen LogP contribution in [-0.4, -0.2) is 103 Å². The van der Waals surface area contributed by atoms with Crippen molar-refractivity contribution < 1.29 is 32.7 Å². The number of hydrogen-bond donors (Lipinski definition) is 4. The topological polar surface area (TPSA) is 166 Å². The molecule has 1 aliphatic rings. The number of halogens is 2. The van der Waals surface area contributed by atoms with Crippen LogP contribution >= 0.6 is 0 Å². The molecular formula is C43H45F2N7O6. The zero-order chi connectivity index (χ0) is 41.2. The van der Waals surface area contributed by atoms with Gasteiger partial charge in [-0.1, -0.05) is 55.5 Å². The summed E-state index contributed by atoms with van der Waals surface area (Å²) >= 11 is 0. The van der Waals surface area contributed by atoms with Crippen molar-refractivity contribution in [2.45, 2.75) is 26.7 Å². The van der Waals surface area contributed by atoms with E-state index in [0.29, 0.717) is 34.1 Å². The third-order valence-electron chi connectivity index (χ3n) is 9.86. The average molecular weight is 794 g/mol. The van der Waals surface area contributed by atoms with Crippen LogP contribution in [0.4, 0.5) is 14.5 Å². The quantitative estimate of drug-likeness (QED) is 0.114. The van der Waals surface area contributed by atoms with E-state index in [1.54, 1.807) is 35.2 Å². The summed E-state index contributed by atoms with van der Waals surface area (Å²) in [5.41, 5.74) is 3.03. The minimum absolute atomic E-state index is 0.0438. The second-order valence-corrected chi connectivity index (χ2v) is 13.9. The standard InChI is InChI=1S/C43H45F2N7O6/c1-3-28-7-6-8-30(21-28)31-24-36(45)40(38(25-31)48-27(2)53)42(56)47-14-20-58-19-13-46-26-39(54)51-15-17-52(18-16-51)43(57)34-22-29(11-12-35(34)44)23-37-32-9-4-5-10-33(32)41(55)50-49-37/h4-12,21-22,24-25,46H,3,13-20,23,26H2,1-2H3,(H,47,56)(H,48,53)(H,50,55). The van der Waals surface area contributed by atoms with Crippen LogP contribution < -0.4 is 21.5 Å². The van der Waals surface area contributed by atoms with Crippen molar-refractivity contribution in [3.05, 3.63) is 129 Å². The van der Waals surface area contributed by atoms with Gasteiger partial charge in [0.15, 0.2) is 0 Å². The van der Waals surface area contributed by atoms with Crippen molar-refractivity contribution in [2.75, 3.05) is 64.3 Å². The normalized spacial score (nSPS) is 12.8. The average Bonchev–Trinajstić information content (AvgIpc) is 3.22. The van der Waals surface area contributed by atoms with Gasteiger partial charge in [-0.15, -0.1) is 0 Å². The van der Waals surface area contributed by atoms with E-state index in [4.69, 9.17) is 4.74 Å². The number of hydrogen-bond acceptors (Lipinski definition) is 8. The molecule has 6 rings (SSSR count). The molecule has 1 fully saturated rings. The van der Waals surface area contributed by atoms with E-state index in [2.05, 4.69) is 26.1 Å². The number of aromatic nitrogens is 2. The minimum atomic E-state index is -0.769. The number of rotatable bonds is 15. The maximum Gasteiger partial charge on any atom is 0.272 e. The van der Waals surface area contributed by atoms with E-state index >= 15 is 4.39 Å². The van der Waals surface area contributed by atoms with Crippen molar-refractivity contribution in [3.63, 3.8) is 0 Å². The largest absolute Gasteiger partial charge is 0.378 e. The third-order valence-corrected chi connectivity index (χ3v) is 9.86. The number of nitrogens with zero attached hydrogens (tertiary/aromatic N) is 3. The summed E-state index contributed by atoms with van der Waals surface area (Å²) < 4.78 is 35.8. The summed E-state index contributed by atoms with van der Waals surface area (Å²) in [6, 6.07) is 21.9. The van der Waals surface area contributed by atoms with Crippen LogP contribution in [0.2, 0.25) is 0 Å². The first-order valence-electron chi connectivity index (χ1n) is 19.1. The third kappa shape index (κ3) is 10.2. The van der Waals surface area contributed by atoms with Gasteiger partial charge in [-0.2, -0.15) is 5.10 Å². The van der Waals surface area contributed by atoms with Crippen LogP contribution in [0.3, 0.4) is 0 Å². The van der Waals surface area contributed by atoms with Crippen molar-refractivity contribution in [3.8, 4) is 11.1 Å². The highest BCUT2D eigenvalue weighted by Crippen LogP contribution is 2.29. The van der Waals surface area contributed by atoms with Crippen molar-refractivity contribution >= 4 is 40.1 Å². The fraction of sp³-hybridized carbons (Fsp3) is 0.302. The van der Waals surface area contributed by atoms with E-state index < -0.39 is 29.4 Å². The Bertz CT molecular complexity index is 2380. The number of H-pyrrole nitrogens is 1. The van der Waals surface area contributed by atoms with E-state index in [0.717, 1.165) is 17.5 Å². The lowest BCUT2D eigenvalue weighted by molar-refractivity contribution is -0.131. The molecule has 0 spiro atoms. The predicted octanol–water partition coefficient (Wildman–Crippen LogP) is 4.30. The molecule has 1 aromatic heterocycles. The van der Waals surface area contributed by atoms with Crippen LogP contribution in [0.1, 0.15) is 51.4 Å². The molecule has 0 unspecified atom stereocenters. The maximum atomic E-state index is 15.3. The Morgan fingerprint density at radius 1 is 0.810 bits per heavy atom. The Morgan fingerprint density at radius 3 is 2.31 bits per heavy atom. The van der Waals surface area contributed by atoms with Crippen LogP contribution in [-0.2, 0) is 27.2 Å². The Balaban J connectivity index is 0.908. The maximum absolute atomic E-state index is 15.3. The van der Waals surface area contributed by atoms with Gasteiger partial charge in [0.2, 0.25) is 11.8 Å². The van der Waals surface area contributed by atoms with Crippen LogP contribution in [0, 0.1) is 11.6 Å². The Morgan fingerprint density at radius 2 is 1.55 bits per heavy atom. The monoisotopic (exact) mass is 793 g/mol. The number of amides is 4. The zero-order valence-corrected chi connectivity index (χ0v) is 32.3. The summed E-state index contributed by atoms with van der Waals surface area (Å²) in [7, 11) is 0. The molecule has 2 heterocycles. The van der Waals surface area contributed by atoms with Gasteiger partial charge >= 0.3 is 0 Å². The number of aryl methyl sites for hydroxylation is 1. The highest BCUT2D eigenvalue weighted by Gasteiger charge is 2.27. The summed E-state index contributed by atoms with van der Waals surface area (Å²) in [6.45, 7) is 5.19. The second kappa shape index (κ2) is 19.2. The molecule has 5 aromatic rings. The fourth-order valence-electron chi connectivity index (χ4n) is 6.82. The minimum Gasteiger partial charge on any atom is -0.378 e. The molecule has 1 aliphatic heterocycles. The van der Waals surface area contributed by atoms with Gasteiger partial charge in [0.25, 0.3) is 17.4 Å². The fourth-order valence-corrected chi connectivity index (χ4v) is 6.82. The van der Waals surface area contributed by atoms with E-state index in [1.807, 2.05) is 37.3 Å². The summed E-state index contributed by atoms with van der Waals surface area (Å²) in [5, 5.41) is 16.1. The van der Waals surface area contributed by atoms with Gasteiger partial charge in [-0.05, 0) is 59.0 Å². The molecule has 302 valence electrons. The first-order chi connectivity index (χ1) is 28.0. The Hall–Kier alpha value is -6.32. The lowest BCUT2D eigenvalue weighted by atomic mass is 9.99. The SMILES string of the molecule is CCc1cccc(-c2cc(F)c(C(=O)NCCOCCNCC(=O)N3CCN(C(=O)c4cc(Cc5n[nH]c(=O)c6ccccc56)ccc4F)CC3)c(NC(C)=O)c2)c1. The van der Waals surface area contributed by atoms with Crippen molar-refractivity contribution in [1.29, 1.82) is 0 Å². The first kappa shape index (κ1) is 41.3. The van der Waals surface area contributed by atoms with Gasteiger partial charge in [0.1, 0.15) is 11.6 Å². The van der Waals surface area contributed by atoms with Gasteiger partial charge in [-0.3, -0.25) is 24.0 Å². The molecule has 0 radical (unpaired) electrons. The zero-order valence-electron chi connectivity index (χ0n) is 32.3. The second-order valence-electron chi connectivity index (χ2n) is 13.9. The molecule has 1 saturated heterocycles. The van der Waals surface area contributed by atoms with Crippen LogP contribution in [0.5, 0.6) is 0 Å². The highest BCUT2D eigenvalue weighted by atomic mass is 19.1. The molecule has 13 nitrogen and oxygen atoms in total. The molecule has 0 saturated carbocycles. The van der Waals surface area contributed by atoms with Gasteiger partial charge in [0.05, 0.1) is 47.7 Å². The highest BCUT2D eigenvalue weighted by molar-refractivity contribution is 6.04. The molecule has 4 aromatic carbocycles. The van der Waals surface area contributed by atoms with E-state index in [1.165, 1.54) is 30.0 Å². The van der Waals surface area contributed by atoms with Gasteiger partial charge in [-0.25, -0.2) is 13.9 Å². The molecule has 0 aliphatic carbocycles. The van der Waals surface area contributed by atoms with Crippen molar-refractivity contribution in [2.24, 2.45) is 0 Å². The molecular weight excluding hydrogens is 749 g/mol. The number of carbonyl (C=O) groups excluding carboxylic acids is 4. The number of benzene rings is 4. The summed E-state index contributed by atoms with van der Waals surface area (Å²) in [5.74, 6) is -3.19. The predicted molar refractivity (Wildman–Crippen MR) is 216 cm³/mol. The lowest BCUT2D eigenvalue weighted by Crippen LogP contribution is -2.52. The number of piperazine rings is 1. The molecule has 4 amide bonds. The first-order valence-corrected chi connectivity index (χ1v) is 19.1. The van der Waals surface area contributed by atoms with Gasteiger partial charge < -0.3 is 30.5 Å². The Labute approximate surface area is 333 Å². The number of aromatic amines is 1. The Kier molecular flexibility index (Phi) is 13.7. The van der Waals surface area contributed by atoms with E-state index in [9.17, 15) is 28.4 Å². The molecule has 4 N–H and O–H groups in total.